The molecule has 2 heterocycles. The fourth-order valence-electron chi connectivity index (χ4n) is 4.87. The molecule has 1 atom stereocenters. The molecule has 1 aliphatic rings. The van der Waals surface area contributed by atoms with Crippen molar-refractivity contribution in [3.63, 3.8) is 0 Å². The summed E-state index contributed by atoms with van der Waals surface area (Å²) in [6.45, 7) is 3.17. The SMILES string of the molecule is COc1cc([C@H]2CC(=O)Oc3c2c(C)cc2oc(=O)cc(-c4ccccc4)c32)cc(OC)c1OC(C)=O. The standard InChI is InChI=1S/C29H24O8/c1-15-10-21-27(19(13-24(31)36-21)17-8-6-5-7-9-17)29-26(15)20(14-25(32)37-29)18-11-22(33-3)28(35-16(2)30)23(12-18)34-4/h5-13,20H,14H2,1-4H3/t20-/m1/s1. The highest BCUT2D eigenvalue weighted by atomic mass is 16.6. The Bertz CT molecular complexity index is 1580. The molecule has 5 rings (SSSR count). The van der Waals surface area contributed by atoms with Crippen molar-refractivity contribution in [2.45, 2.75) is 26.2 Å². The van der Waals surface area contributed by atoms with Gasteiger partial charge < -0.3 is 23.4 Å². The largest absolute Gasteiger partial charge is 0.493 e. The van der Waals surface area contributed by atoms with Gasteiger partial charge in [0.15, 0.2) is 11.5 Å². The van der Waals surface area contributed by atoms with Crippen LogP contribution in [0.4, 0.5) is 0 Å². The molecule has 3 aromatic carbocycles. The van der Waals surface area contributed by atoms with Gasteiger partial charge in [0.05, 0.1) is 26.0 Å². The van der Waals surface area contributed by atoms with Crippen LogP contribution in [0.1, 0.15) is 36.0 Å². The minimum atomic E-state index is -0.520. The lowest BCUT2D eigenvalue weighted by atomic mass is 9.82. The Balaban J connectivity index is 1.79. The van der Waals surface area contributed by atoms with Gasteiger partial charge in [-0.1, -0.05) is 30.3 Å². The molecule has 0 radical (unpaired) electrons. The smallest absolute Gasteiger partial charge is 0.336 e. The summed E-state index contributed by atoms with van der Waals surface area (Å²) in [5.74, 6) is -0.293. The monoisotopic (exact) mass is 500 g/mol. The second kappa shape index (κ2) is 9.46. The van der Waals surface area contributed by atoms with Crippen molar-refractivity contribution in [1.29, 1.82) is 0 Å². The average Bonchev–Trinajstić information content (AvgIpc) is 2.87. The van der Waals surface area contributed by atoms with Crippen LogP contribution in [0, 0.1) is 6.92 Å². The van der Waals surface area contributed by atoms with Crippen molar-refractivity contribution in [3.05, 3.63) is 81.7 Å². The predicted octanol–water partition coefficient (Wildman–Crippen LogP) is 5.15. The number of carbonyl (C=O) groups is 2. The van der Waals surface area contributed by atoms with Crippen molar-refractivity contribution in [1.82, 2.24) is 0 Å². The molecule has 0 spiro atoms. The minimum absolute atomic E-state index is 0.0655. The third kappa shape index (κ3) is 4.31. The van der Waals surface area contributed by atoms with Crippen LogP contribution in [0.15, 0.2) is 63.8 Å². The van der Waals surface area contributed by atoms with Gasteiger partial charge in [0.25, 0.3) is 0 Å². The zero-order valence-corrected chi connectivity index (χ0v) is 20.7. The maximum absolute atomic E-state index is 13.0. The first kappa shape index (κ1) is 24.1. The third-order valence-electron chi connectivity index (χ3n) is 6.38. The van der Waals surface area contributed by atoms with Crippen molar-refractivity contribution in [2.75, 3.05) is 14.2 Å². The van der Waals surface area contributed by atoms with Crippen LogP contribution < -0.4 is 24.6 Å². The topological polar surface area (TPSA) is 101 Å². The first-order chi connectivity index (χ1) is 17.8. The number of aryl methyl sites for hydroxylation is 1. The predicted molar refractivity (Wildman–Crippen MR) is 136 cm³/mol. The molecule has 4 aromatic rings. The number of fused-ring (bicyclic) bond motifs is 3. The van der Waals surface area contributed by atoms with Crippen LogP contribution in [0.3, 0.4) is 0 Å². The molecular formula is C29H24O8. The number of hydrogen-bond donors (Lipinski definition) is 0. The van der Waals surface area contributed by atoms with Crippen LogP contribution in [0.2, 0.25) is 0 Å². The summed E-state index contributed by atoms with van der Waals surface area (Å²) >= 11 is 0. The van der Waals surface area contributed by atoms with E-state index in [1.807, 2.05) is 37.3 Å². The third-order valence-corrected chi connectivity index (χ3v) is 6.38. The number of benzene rings is 3. The van der Waals surface area contributed by atoms with Crippen molar-refractivity contribution >= 4 is 22.9 Å². The van der Waals surface area contributed by atoms with Gasteiger partial charge in [0.2, 0.25) is 5.75 Å². The van der Waals surface area contributed by atoms with E-state index in [9.17, 15) is 14.4 Å². The van der Waals surface area contributed by atoms with Gasteiger partial charge in [0, 0.05) is 30.0 Å². The molecule has 0 saturated carbocycles. The summed E-state index contributed by atoms with van der Waals surface area (Å²) in [5.41, 5.74) is 3.51. The van der Waals surface area contributed by atoms with Crippen molar-refractivity contribution in [2.24, 2.45) is 0 Å². The summed E-state index contributed by atoms with van der Waals surface area (Å²) in [5, 5.41) is 0.542. The zero-order chi connectivity index (χ0) is 26.3. The highest BCUT2D eigenvalue weighted by Gasteiger charge is 2.34. The first-order valence-corrected chi connectivity index (χ1v) is 11.6. The lowest BCUT2D eigenvalue weighted by Crippen LogP contribution is -2.22. The Morgan fingerprint density at radius 1 is 0.973 bits per heavy atom. The van der Waals surface area contributed by atoms with Crippen LogP contribution in [-0.2, 0) is 9.59 Å². The van der Waals surface area contributed by atoms with E-state index in [2.05, 4.69) is 0 Å². The van der Waals surface area contributed by atoms with Gasteiger partial charge >= 0.3 is 17.6 Å². The maximum Gasteiger partial charge on any atom is 0.336 e. The van der Waals surface area contributed by atoms with E-state index in [-0.39, 0.29) is 12.2 Å². The summed E-state index contributed by atoms with van der Waals surface area (Å²) in [6, 6.07) is 16.0. The summed E-state index contributed by atoms with van der Waals surface area (Å²) < 4.78 is 27.7. The van der Waals surface area contributed by atoms with E-state index in [4.69, 9.17) is 23.4 Å². The lowest BCUT2D eigenvalue weighted by molar-refractivity contribution is -0.135. The molecule has 8 nitrogen and oxygen atoms in total. The number of hydrogen-bond acceptors (Lipinski definition) is 8. The Morgan fingerprint density at radius 3 is 2.27 bits per heavy atom. The van der Waals surface area contributed by atoms with Gasteiger partial charge in [0.1, 0.15) is 11.3 Å². The van der Waals surface area contributed by atoms with Crippen LogP contribution in [0.5, 0.6) is 23.0 Å². The Labute approximate surface area is 212 Å². The van der Waals surface area contributed by atoms with E-state index in [1.165, 1.54) is 27.2 Å². The molecule has 8 heteroatoms. The van der Waals surface area contributed by atoms with Crippen LogP contribution in [-0.4, -0.2) is 26.2 Å². The van der Waals surface area contributed by atoms with Gasteiger partial charge in [-0.25, -0.2) is 4.79 Å². The summed E-state index contributed by atoms with van der Waals surface area (Å²) in [7, 11) is 2.92. The van der Waals surface area contributed by atoms with Crippen LogP contribution in [0.25, 0.3) is 22.1 Å². The molecule has 188 valence electrons. The summed E-state index contributed by atoms with van der Waals surface area (Å²) in [4.78, 5) is 37.0. The zero-order valence-electron chi connectivity index (χ0n) is 20.7. The van der Waals surface area contributed by atoms with E-state index >= 15 is 0 Å². The second-order valence-corrected chi connectivity index (χ2v) is 8.73. The Hall–Kier alpha value is -4.59. The van der Waals surface area contributed by atoms with E-state index in [1.54, 1.807) is 18.2 Å². The summed E-state index contributed by atoms with van der Waals surface area (Å²) in [6.07, 6.45) is 0.0655. The van der Waals surface area contributed by atoms with Crippen molar-refractivity contribution < 1.29 is 33.0 Å². The number of rotatable bonds is 5. The fourth-order valence-corrected chi connectivity index (χ4v) is 4.87. The van der Waals surface area contributed by atoms with E-state index in [0.717, 1.165) is 16.7 Å². The highest BCUT2D eigenvalue weighted by Crippen LogP contribution is 2.49. The molecule has 0 bridgehead atoms. The van der Waals surface area contributed by atoms with Crippen LogP contribution >= 0.6 is 0 Å². The number of esters is 2. The highest BCUT2D eigenvalue weighted by molar-refractivity contribution is 6.01. The molecule has 0 unspecified atom stereocenters. The molecular weight excluding hydrogens is 476 g/mol. The number of carbonyl (C=O) groups excluding carboxylic acids is 2. The molecule has 0 N–H and O–H groups in total. The minimum Gasteiger partial charge on any atom is -0.493 e. The van der Waals surface area contributed by atoms with Crippen molar-refractivity contribution in [3.8, 4) is 34.1 Å². The fraction of sp³-hybridized carbons (Fsp3) is 0.207. The molecule has 1 aliphatic heterocycles. The second-order valence-electron chi connectivity index (χ2n) is 8.73. The molecule has 0 saturated heterocycles. The molecule has 1 aromatic heterocycles. The quantitative estimate of drug-likeness (QED) is 0.211. The van der Waals surface area contributed by atoms with E-state index < -0.39 is 23.5 Å². The van der Waals surface area contributed by atoms with Gasteiger partial charge in [-0.15, -0.1) is 0 Å². The van der Waals surface area contributed by atoms with Gasteiger partial charge in [-0.3, -0.25) is 9.59 Å². The lowest BCUT2D eigenvalue weighted by Gasteiger charge is -2.29. The molecule has 0 amide bonds. The normalized spacial score (nSPS) is 14.6. The van der Waals surface area contributed by atoms with E-state index in [0.29, 0.717) is 39.3 Å². The maximum atomic E-state index is 13.0. The van der Waals surface area contributed by atoms with Gasteiger partial charge in [-0.2, -0.15) is 0 Å². The average molecular weight is 501 g/mol. The molecule has 37 heavy (non-hydrogen) atoms. The Kier molecular flexibility index (Phi) is 6.17. The van der Waals surface area contributed by atoms with Gasteiger partial charge in [-0.05, 0) is 41.8 Å². The number of methoxy groups -OCH3 is 2. The molecule has 0 aliphatic carbocycles. The molecule has 0 fully saturated rings. The number of ether oxygens (including phenoxy) is 4. The Morgan fingerprint density at radius 2 is 1.65 bits per heavy atom. The first-order valence-electron chi connectivity index (χ1n) is 11.6.